The number of carbonyl (C=O) groups is 1. The summed E-state index contributed by atoms with van der Waals surface area (Å²) in [5.74, 6) is 0.776. The number of anilines is 1. The van der Waals surface area contributed by atoms with Crippen LogP contribution in [0.25, 0.3) is 11.1 Å². The van der Waals surface area contributed by atoms with Gasteiger partial charge in [-0.05, 0) is 85.7 Å². The molecule has 3 rings (SSSR count). The van der Waals surface area contributed by atoms with E-state index in [2.05, 4.69) is 5.32 Å². The van der Waals surface area contributed by atoms with Gasteiger partial charge in [-0.3, -0.25) is 4.79 Å². The molecular formula is C27H30N2O4. The van der Waals surface area contributed by atoms with Gasteiger partial charge in [0.05, 0.1) is 5.57 Å². The van der Waals surface area contributed by atoms with Gasteiger partial charge in [-0.15, -0.1) is 0 Å². The molecule has 0 saturated carbocycles. The third-order valence-corrected chi connectivity index (χ3v) is 5.17. The van der Waals surface area contributed by atoms with Crippen molar-refractivity contribution in [3.8, 4) is 17.2 Å². The van der Waals surface area contributed by atoms with E-state index >= 15 is 0 Å². The van der Waals surface area contributed by atoms with Crippen LogP contribution in [0, 0.1) is 0 Å². The number of benzene rings is 3. The van der Waals surface area contributed by atoms with Crippen molar-refractivity contribution in [2.75, 3.05) is 32.6 Å². The second-order valence-corrected chi connectivity index (χ2v) is 7.93. The molecule has 0 radical (unpaired) electrons. The van der Waals surface area contributed by atoms with Crippen LogP contribution in [0.2, 0.25) is 0 Å². The molecule has 0 atom stereocenters. The number of hydrogen-bond donors (Lipinski definition) is 3. The third-order valence-electron chi connectivity index (χ3n) is 5.17. The molecule has 33 heavy (non-hydrogen) atoms. The van der Waals surface area contributed by atoms with E-state index in [1.54, 1.807) is 48.5 Å². The van der Waals surface area contributed by atoms with Crippen molar-refractivity contribution in [3.63, 3.8) is 0 Å². The number of rotatable bonds is 9. The maximum absolute atomic E-state index is 13.5. The quantitative estimate of drug-likeness (QED) is 0.318. The van der Waals surface area contributed by atoms with E-state index in [0.29, 0.717) is 29.9 Å². The van der Waals surface area contributed by atoms with Gasteiger partial charge in [0, 0.05) is 12.2 Å². The SMILES string of the molecule is CC/C(=C(\C(=O)Nc1ccc(OCCN(C)C)cc1)c1ccc(O)cc1)c1ccc(O)cc1. The predicted octanol–water partition coefficient (Wildman–Crippen LogP) is 5.00. The average molecular weight is 447 g/mol. The molecule has 6 nitrogen and oxygen atoms in total. The number of ether oxygens (including phenoxy) is 1. The van der Waals surface area contributed by atoms with Crippen molar-refractivity contribution in [2.45, 2.75) is 13.3 Å². The highest BCUT2D eigenvalue weighted by molar-refractivity contribution is 6.31. The van der Waals surface area contributed by atoms with Gasteiger partial charge >= 0.3 is 0 Å². The normalized spacial score (nSPS) is 11.8. The number of carbonyl (C=O) groups excluding carboxylic acids is 1. The molecule has 0 bridgehead atoms. The second kappa shape index (κ2) is 11.2. The lowest BCUT2D eigenvalue weighted by Crippen LogP contribution is -2.19. The Morgan fingerprint density at radius 1 is 0.848 bits per heavy atom. The average Bonchev–Trinajstić information content (AvgIpc) is 2.80. The molecular weight excluding hydrogens is 416 g/mol. The molecule has 1 amide bonds. The van der Waals surface area contributed by atoms with Crippen molar-refractivity contribution in [1.82, 2.24) is 4.90 Å². The van der Waals surface area contributed by atoms with E-state index in [1.165, 1.54) is 0 Å². The van der Waals surface area contributed by atoms with Crippen molar-refractivity contribution in [2.24, 2.45) is 0 Å². The lowest BCUT2D eigenvalue weighted by molar-refractivity contribution is -0.111. The van der Waals surface area contributed by atoms with Crippen LogP contribution in [-0.2, 0) is 4.79 Å². The van der Waals surface area contributed by atoms with Crippen LogP contribution in [0.5, 0.6) is 17.2 Å². The van der Waals surface area contributed by atoms with E-state index in [1.807, 2.05) is 50.2 Å². The van der Waals surface area contributed by atoms with Crippen molar-refractivity contribution >= 4 is 22.7 Å². The van der Waals surface area contributed by atoms with Crippen LogP contribution >= 0.6 is 0 Å². The van der Waals surface area contributed by atoms with Crippen LogP contribution in [0.3, 0.4) is 0 Å². The number of hydrogen-bond acceptors (Lipinski definition) is 5. The molecule has 172 valence electrons. The number of nitrogens with one attached hydrogen (secondary N) is 1. The van der Waals surface area contributed by atoms with E-state index in [9.17, 15) is 15.0 Å². The number of aromatic hydroxyl groups is 2. The molecule has 3 N–H and O–H groups in total. The third kappa shape index (κ3) is 6.60. The Hall–Kier alpha value is -3.77. The highest BCUT2D eigenvalue weighted by Crippen LogP contribution is 2.32. The fourth-order valence-corrected chi connectivity index (χ4v) is 3.43. The van der Waals surface area contributed by atoms with Crippen molar-refractivity contribution in [1.29, 1.82) is 0 Å². The molecule has 3 aromatic carbocycles. The number of likely N-dealkylation sites (N-methyl/N-ethyl adjacent to an activating group) is 1. The maximum Gasteiger partial charge on any atom is 0.256 e. The zero-order valence-corrected chi connectivity index (χ0v) is 19.2. The maximum atomic E-state index is 13.5. The molecule has 0 aromatic heterocycles. The summed E-state index contributed by atoms with van der Waals surface area (Å²) in [6.45, 7) is 3.38. The molecule has 0 heterocycles. The standard InChI is InChI=1S/C27H30N2O4/c1-4-25(19-5-11-22(30)12-6-19)26(20-7-13-23(31)14-8-20)27(32)28-21-9-15-24(16-10-21)33-18-17-29(2)3/h5-16,30-31H,4,17-18H2,1-3H3,(H,28,32)/b26-25+. The summed E-state index contributed by atoms with van der Waals surface area (Å²) in [5.41, 5.74) is 3.53. The Morgan fingerprint density at radius 2 is 1.39 bits per heavy atom. The molecule has 0 aliphatic carbocycles. The highest BCUT2D eigenvalue weighted by atomic mass is 16.5. The lowest BCUT2D eigenvalue weighted by atomic mass is 9.92. The van der Waals surface area contributed by atoms with Crippen molar-refractivity contribution < 1.29 is 19.7 Å². The molecule has 0 aliphatic heterocycles. The monoisotopic (exact) mass is 446 g/mol. The molecule has 0 aliphatic rings. The van der Waals surface area contributed by atoms with Crippen LogP contribution < -0.4 is 10.1 Å². The minimum absolute atomic E-state index is 0.131. The summed E-state index contributed by atoms with van der Waals surface area (Å²) in [6.07, 6.45) is 0.604. The van der Waals surface area contributed by atoms with Gasteiger partial charge in [0.1, 0.15) is 23.9 Å². The number of allylic oxidation sites excluding steroid dienone is 1. The zero-order chi connectivity index (χ0) is 23.8. The van der Waals surface area contributed by atoms with E-state index in [4.69, 9.17) is 4.74 Å². The Labute approximate surface area is 194 Å². The summed E-state index contributed by atoms with van der Waals surface area (Å²) >= 11 is 0. The van der Waals surface area contributed by atoms with Gasteiger partial charge in [-0.25, -0.2) is 0 Å². The summed E-state index contributed by atoms with van der Waals surface area (Å²) < 4.78 is 5.72. The summed E-state index contributed by atoms with van der Waals surface area (Å²) in [6, 6.07) is 20.6. The van der Waals surface area contributed by atoms with Gasteiger partial charge in [0.2, 0.25) is 0 Å². The summed E-state index contributed by atoms with van der Waals surface area (Å²) in [4.78, 5) is 15.5. The second-order valence-electron chi connectivity index (χ2n) is 7.93. The Bertz CT molecular complexity index is 1090. The smallest absolute Gasteiger partial charge is 0.256 e. The van der Waals surface area contributed by atoms with Crippen molar-refractivity contribution in [3.05, 3.63) is 83.9 Å². The highest BCUT2D eigenvalue weighted by Gasteiger charge is 2.19. The minimum Gasteiger partial charge on any atom is -0.508 e. The lowest BCUT2D eigenvalue weighted by Gasteiger charge is -2.16. The number of nitrogens with zero attached hydrogens (tertiary/aromatic N) is 1. The molecule has 0 fully saturated rings. The number of phenolic OH excluding ortho intramolecular Hbond substituents is 2. The van der Waals surface area contributed by atoms with Gasteiger partial charge < -0.3 is 25.2 Å². The zero-order valence-electron chi connectivity index (χ0n) is 19.2. The number of phenols is 2. The van der Waals surface area contributed by atoms with E-state index in [0.717, 1.165) is 23.4 Å². The molecule has 0 spiro atoms. The van der Waals surface area contributed by atoms with Gasteiger partial charge in [-0.1, -0.05) is 31.2 Å². The fraction of sp³-hybridized carbons (Fsp3) is 0.222. The topological polar surface area (TPSA) is 82.0 Å². The van der Waals surface area contributed by atoms with Crippen LogP contribution in [0.15, 0.2) is 72.8 Å². The first-order chi connectivity index (χ1) is 15.9. The van der Waals surface area contributed by atoms with Gasteiger partial charge in [0.15, 0.2) is 0 Å². The molecule has 0 saturated heterocycles. The van der Waals surface area contributed by atoms with Crippen LogP contribution in [0.4, 0.5) is 5.69 Å². The predicted molar refractivity (Wildman–Crippen MR) is 132 cm³/mol. The fourth-order valence-electron chi connectivity index (χ4n) is 3.43. The Balaban J connectivity index is 1.90. The van der Waals surface area contributed by atoms with Gasteiger partial charge in [0.25, 0.3) is 5.91 Å². The minimum atomic E-state index is -0.258. The molecule has 3 aromatic rings. The Kier molecular flexibility index (Phi) is 8.11. The first-order valence-electron chi connectivity index (χ1n) is 10.9. The summed E-state index contributed by atoms with van der Waals surface area (Å²) in [7, 11) is 3.98. The molecule has 6 heteroatoms. The first-order valence-corrected chi connectivity index (χ1v) is 10.9. The summed E-state index contributed by atoms with van der Waals surface area (Å²) in [5, 5.41) is 22.4. The first kappa shape index (κ1) is 23.9. The van der Waals surface area contributed by atoms with E-state index < -0.39 is 0 Å². The number of amides is 1. The molecule has 0 unspecified atom stereocenters. The Morgan fingerprint density at radius 3 is 1.91 bits per heavy atom. The largest absolute Gasteiger partial charge is 0.508 e. The van der Waals surface area contributed by atoms with Gasteiger partial charge in [-0.2, -0.15) is 0 Å². The van der Waals surface area contributed by atoms with Crippen LogP contribution in [-0.4, -0.2) is 48.3 Å². The van der Waals surface area contributed by atoms with E-state index in [-0.39, 0.29) is 17.4 Å². The van der Waals surface area contributed by atoms with Crippen LogP contribution in [0.1, 0.15) is 24.5 Å².